The van der Waals surface area contributed by atoms with Crippen LogP contribution < -0.4 is 0 Å². The molecule has 0 aliphatic rings. The summed E-state index contributed by atoms with van der Waals surface area (Å²) in [7, 11) is 1.78. The molecule has 0 fully saturated rings. The zero-order valence-corrected chi connectivity index (χ0v) is 11.4. The summed E-state index contributed by atoms with van der Waals surface area (Å²) in [5.74, 6) is -0.0363. The fraction of sp³-hybridized carbons (Fsp3) is 0.357. The summed E-state index contributed by atoms with van der Waals surface area (Å²) in [6, 6.07) is 5.49. The summed E-state index contributed by atoms with van der Waals surface area (Å²) in [5.41, 5.74) is 2.50. The molecule has 1 amide bonds. The SMILES string of the molecule is CCc1ccc(C(=O)N(C)C(C)c2ccncn2)[nH]1. The van der Waals surface area contributed by atoms with Crippen LogP contribution in [0.1, 0.15) is 41.8 Å². The summed E-state index contributed by atoms with van der Waals surface area (Å²) < 4.78 is 0. The highest BCUT2D eigenvalue weighted by Crippen LogP contribution is 2.18. The maximum Gasteiger partial charge on any atom is 0.270 e. The number of amides is 1. The number of rotatable bonds is 4. The van der Waals surface area contributed by atoms with E-state index in [9.17, 15) is 4.79 Å². The van der Waals surface area contributed by atoms with Gasteiger partial charge >= 0.3 is 0 Å². The summed E-state index contributed by atoms with van der Waals surface area (Å²) in [6.45, 7) is 4.00. The van der Waals surface area contributed by atoms with E-state index in [1.807, 2.05) is 32.0 Å². The Bertz CT molecular complexity index is 550. The largest absolute Gasteiger partial charge is 0.354 e. The van der Waals surface area contributed by atoms with E-state index >= 15 is 0 Å². The van der Waals surface area contributed by atoms with Crippen LogP contribution in [0.15, 0.2) is 30.7 Å². The van der Waals surface area contributed by atoms with Gasteiger partial charge in [0.2, 0.25) is 0 Å². The Kier molecular flexibility index (Phi) is 3.94. The van der Waals surface area contributed by atoms with Crippen molar-refractivity contribution in [1.29, 1.82) is 0 Å². The first-order valence-electron chi connectivity index (χ1n) is 6.34. The molecule has 5 nitrogen and oxygen atoms in total. The van der Waals surface area contributed by atoms with Gasteiger partial charge in [0, 0.05) is 18.9 Å². The molecule has 19 heavy (non-hydrogen) atoms. The van der Waals surface area contributed by atoms with E-state index in [0.29, 0.717) is 5.69 Å². The molecule has 1 N–H and O–H groups in total. The Morgan fingerprint density at radius 3 is 2.79 bits per heavy atom. The molecule has 0 spiro atoms. The molecular weight excluding hydrogens is 240 g/mol. The molecular formula is C14H18N4O. The Morgan fingerprint density at radius 1 is 1.42 bits per heavy atom. The maximum atomic E-state index is 12.3. The summed E-state index contributed by atoms with van der Waals surface area (Å²) in [6.07, 6.45) is 4.06. The van der Waals surface area contributed by atoms with E-state index in [1.165, 1.54) is 6.33 Å². The highest BCUT2D eigenvalue weighted by atomic mass is 16.2. The molecule has 5 heteroatoms. The second-order valence-corrected chi connectivity index (χ2v) is 4.48. The normalized spacial score (nSPS) is 12.2. The molecule has 0 aromatic carbocycles. The average molecular weight is 258 g/mol. The lowest BCUT2D eigenvalue weighted by molar-refractivity contribution is 0.0734. The van der Waals surface area contributed by atoms with Crippen LogP contribution in [-0.4, -0.2) is 32.8 Å². The van der Waals surface area contributed by atoms with Gasteiger partial charge in [0.05, 0.1) is 11.7 Å². The molecule has 100 valence electrons. The number of H-pyrrole nitrogens is 1. The first-order chi connectivity index (χ1) is 9.13. The molecule has 1 unspecified atom stereocenters. The predicted octanol–water partition coefficient (Wildman–Crippen LogP) is 2.20. The Hall–Kier alpha value is -2.17. The molecule has 1 atom stereocenters. The topological polar surface area (TPSA) is 61.9 Å². The van der Waals surface area contributed by atoms with E-state index in [1.54, 1.807) is 18.1 Å². The molecule has 2 rings (SSSR count). The molecule has 0 aliphatic heterocycles. The average Bonchev–Trinajstić information content (AvgIpc) is 2.94. The van der Waals surface area contributed by atoms with Crippen molar-refractivity contribution in [1.82, 2.24) is 19.9 Å². The van der Waals surface area contributed by atoms with Crippen LogP contribution in [0.2, 0.25) is 0 Å². The molecule has 0 saturated carbocycles. The molecule has 0 bridgehead atoms. The molecule has 0 aliphatic carbocycles. The minimum atomic E-state index is -0.0936. The fourth-order valence-corrected chi connectivity index (χ4v) is 1.88. The van der Waals surface area contributed by atoms with Crippen LogP contribution in [0.25, 0.3) is 0 Å². The van der Waals surface area contributed by atoms with Crippen molar-refractivity contribution in [2.75, 3.05) is 7.05 Å². The van der Waals surface area contributed by atoms with Gasteiger partial charge in [0.1, 0.15) is 12.0 Å². The fourth-order valence-electron chi connectivity index (χ4n) is 1.88. The van der Waals surface area contributed by atoms with Gasteiger partial charge in [-0.3, -0.25) is 4.79 Å². The van der Waals surface area contributed by atoms with Crippen molar-refractivity contribution < 1.29 is 4.79 Å². The number of aromatic nitrogens is 3. The van der Waals surface area contributed by atoms with Gasteiger partial charge in [-0.2, -0.15) is 0 Å². The van der Waals surface area contributed by atoms with Gasteiger partial charge in [-0.1, -0.05) is 6.92 Å². The number of hydrogen-bond acceptors (Lipinski definition) is 3. The Balaban J connectivity index is 2.15. The van der Waals surface area contributed by atoms with E-state index < -0.39 is 0 Å². The van der Waals surface area contributed by atoms with E-state index in [2.05, 4.69) is 15.0 Å². The lowest BCUT2D eigenvalue weighted by atomic mass is 10.2. The Morgan fingerprint density at radius 2 is 2.21 bits per heavy atom. The lowest BCUT2D eigenvalue weighted by Crippen LogP contribution is -2.30. The number of aryl methyl sites for hydroxylation is 1. The van der Waals surface area contributed by atoms with Crippen molar-refractivity contribution in [2.24, 2.45) is 0 Å². The van der Waals surface area contributed by atoms with Crippen molar-refractivity contribution in [2.45, 2.75) is 26.3 Å². The van der Waals surface area contributed by atoms with Crippen LogP contribution in [-0.2, 0) is 6.42 Å². The number of carbonyl (C=O) groups is 1. The van der Waals surface area contributed by atoms with Crippen LogP contribution in [0.5, 0.6) is 0 Å². The van der Waals surface area contributed by atoms with E-state index in [-0.39, 0.29) is 11.9 Å². The number of nitrogens with one attached hydrogen (secondary N) is 1. The van der Waals surface area contributed by atoms with E-state index in [0.717, 1.165) is 17.8 Å². The third-order valence-electron chi connectivity index (χ3n) is 3.29. The highest BCUT2D eigenvalue weighted by Gasteiger charge is 2.20. The van der Waals surface area contributed by atoms with Crippen molar-refractivity contribution >= 4 is 5.91 Å². The van der Waals surface area contributed by atoms with Crippen molar-refractivity contribution in [3.05, 3.63) is 47.8 Å². The highest BCUT2D eigenvalue weighted by molar-refractivity contribution is 5.92. The monoisotopic (exact) mass is 258 g/mol. The van der Waals surface area contributed by atoms with Gasteiger partial charge in [-0.25, -0.2) is 9.97 Å². The molecule has 2 aromatic rings. The zero-order chi connectivity index (χ0) is 13.8. The van der Waals surface area contributed by atoms with Gasteiger partial charge < -0.3 is 9.88 Å². The summed E-state index contributed by atoms with van der Waals surface area (Å²) in [4.78, 5) is 25.2. The quantitative estimate of drug-likeness (QED) is 0.914. The lowest BCUT2D eigenvalue weighted by Gasteiger charge is -2.23. The first kappa shape index (κ1) is 13.3. The zero-order valence-electron chi connectivity index (χ0n) is 11.4. The van der Waals surface area contributed by atoms with Crippen LogP contribution >= 0.6 is 0 Å². The minimum Gasteiger partial charge on any atom is -0.354 e. The number of nitrogens with zero attached hydrogens (tertiary/aromatic N) is 3. The smallest absolute Gasteiger partial charge is 0.270 e. The minimum absolute atomic E-state index is 0.0363. The summed E-state index contributed by atoms with van der Waals surface area (Å²) >= 11 is 0. The van der Waals surface area contributed by atoms with Crippen LogP contribution in [0.3, 0.4) is 0 Å². The predicted molar refractivity (Wildman–Crippen MR) is 72.7 cm³/mol. The van der Waals surface area contributed by atoms with Crippen LogP contribution in [0.4, 0.5) is 0 Å². The van der Waals surface area contributed by atoms with Gasteiger partial charge in [-0.15, -0.1) is 0 Å². The number of aromatic amines is 1. The Labute approximate surface area is 112 Å². The van der Waals surface area contributed by atoms with Gasteiger partial charge in [0.15, 0.2) is 0 Å². The second kappa shape index (κ2) is 5.65. The standard InChI is InChI=1S/C14H18N4O/c1-4-11-5-6-13(17-11)14(19)18(3)10(2)12-7-8-15-9-16-12/h5-10,17H,4H2,1-3H3. The molecule has 0 radical (unpaired) electrons. The third kappa shape index (κ3) is 2.81. The van der Waals surface area contributed by atoms with Gasteiger partial charge in [0.25, 0.3) is 5.91 Å². The number of hydrogen-bond donors (Lipinski definition) is 1. The molecule has 2 aromatic heterocycles. The van der Waals surface area contributed by atoms with Crippen LogP contribution in [0, 0.1) is 0 Å². The molecule has 2 heterocycles. The number of carbonyl (C=O) groups excluding carboxylic acids is 1. The summed E-state index contributed by atoms with van der Waals surface area (Å²) in [5, 5.41) is 0. The maximum absolute atomic E-state index is 12.3. The third-order valence-corrected chi connectivity index (χ3v) is 3.29. The van der Waals surface area contributed by atoms with Crippen molar-refractivity contribution in [3.8, 4) is 0 Å². The van der Waals surface area contributed by atoms with Gasteiger partial charge in [-0.05, 0) is 31.5 Å². The molecule has 0 saturated heterocycles. The van der Waals surface area contributed by atoms with E-state index in [4.69, 9.17) is 0 Å². The van der Waals surface area contributed by atoms with Crippen molar-refractivity contribution in [3.63, 3.8) is 0 Å². The first-order valence-corrected chi connectivity index (χ1v) is 6.34. The second-order valence-electron chi connectivity index (χ2n) is 4.48.